The number of nitrogens with two attached hydrogens (primary N) is 1. The van der Waals surface area contributed by atoms with E-state index in [9.17, 15) is 9.18 Å². The van der Waals surface area contributed by atoms with Gasteiger partial charge in [0.05, 0.1) is 5.69 Å². The molecule has 0 aromatic heterocycles. The average molecular weight is 291 g/mol. The van der Waals surface area contributed by atoms with Crippen LogP contribution in [0, 0.1) is 11.7 Å². The molecular weight excluding hydrogens is 269 g/mol. The van der Waals surface area contributed by atoms with Gasteiger partial charge in [0, 0.05) is 31.2 Å². The Balaban J connectivity index is 1.61. The van der Waals surface area contributed by atoms with Gasteiger partial charge >= 0.3 is 0 Å². The van der Waals surface area contributed by atoms with Gasteiger partial charge in [-0.25, -0.2) is 4.39 Å². The molecule has 3 N–H and O–H groups in total. The van der Waals surface area contributed by atoms with Crippen LogP contribution in [0.4, 0.5) is 10.1 Å². The number of rotatable bonds is 5. The van der Waals surface area contributed by atoms with Crippen LogP contribution in [0.2, 0.25) is 0 Å². The summed E-state index contributed by atoms with van der Waals surface area (Å²) < 4.78 is 14.2. The summed E-state index contributed by atoms with van der Waals surface area (Å²) in [7, 11) is 0. The fraction of sp³-hybridized carbons (Fsp3) is 0.562. The van der Waals surface area contributed by atoms with Gasteiger partial charge in [-0.2, -0.15) is 0 Å². The molecule has 5 heteroatoms. The van der Waals surface area contributed by atoms with Crippen LogP contribution in [0.15, 0.2) is 18.2 Å². The number of hydrogen-bond donors (Lipinski definition) is 2. The number of nitrogens with one attached hydrogen (secondary N) is 1. The van der Waals surface area contributed by atoms with E-state index in [1.807, 2.05) is 4.90 Å². The SMILES string of the molecule is NC(CNC(=O)c1ccc(N2CCCC2)c(F)c1)C1CC1. The number of benzene rings is 1. The van der Waals surface area contributed by atoms with Crippen molar-refractivity contribution in [3.8, 4) is 0 Å². The van der Waals surface area contributed by atoms with Gasteiger partial charge in [-0.15, -0.1) is 0 Å². The van der Waals surface area contributed by atoms with E-state index in [0.717, 1.165) is 38.8 Å². The molecule has 1 atom stereocenters. The van der Waals surface area contributed by atoms with E-state index in [-0.39, 0.29) is 17.8 Å². The van der Waals surface area contributed by atoms with E-state index in [1.165, 1.54) is 6.07 Å². The molecule has 1 aliphatic heterocycles. The number of halogens is 1. The van der Waals surface area contributed by atoms with Gasteiger partial charge in [0.15, 0.2) is 0 Å². The van der Waals surface area contributed by atoms with Gasteiger partial charge in [0.1, 0.15) is 5.82 Å². The van der Waals surface area contributed by atoms with Crippen molar-refractivity contribution in [1.82, 2.24) is 5.32 Å². The van der Waals surface area contributed by atoms with E-state index < -0.39 is 0 Å². The summed E-state index contributed by atoms with van der Waals surface area (Å²) in [5.74, 6) is -0.0337. The van der Waals surface area contributed by atoms with Crippen molar-refractivity contribution in [2.24, 2.45) is 11.7 Å². The van der Waals surface area contributed by atoms with E-state index in [2.05, 4.69) is 5.32 Å². The number of carbonyl (C=O) groups is 1. The Morgan fingerprint density at radius 3 is 2.71 bits per heavy atom. The molecule has 1 unspecified atom stereocenters. The summed E-state index contributed by atoms with van der Waals surface area (Å²) >= 11 is 0. The fourth-order valence-corrected chi connectivity index (χ4v) is 2.87. The lowest BCUT2D eigenvalue weighted by atomic mass is 10.1. The molecule has 1 saturated heterocycles. The van der Waals surface area contributed by atoms with Crippen molar-refractivity contribution in [3.05, 3.63) is 29.6 Å². The zero-order valence-electron chi connectivity index (χ0n) is 12.1. The number of anilines is 1. The maximum atomic E-state index is 14.2. The molecule has 0 spiro atoms. The van der Waals surface area contributed by atoms with Crippen molar-refractivity contribution >= 4 is 11.6 Å². The first kappa shape index (κ1) is 14.3. The quantitative estimate of drug-likeness (QED) is 0.871. The molecule has 2 aliphatic rings. The van der Waals surface area contributed by atoms with E-state index in [4.69, 9.17) is 5.73 Å². The lowest BCUT2D eigenvalue weighted by Gasteiger charge is -2.19. The Kier molecular flexibility index (Phi) is 4.10. The molecule has 1 amide bonds. The van der Waals surface area contributed by atoms with Gasteiger partial charge in [0.25, 0.3) is 5.91 Å². The third-order valence-corrected chi connectivity index (χ3v) is 4.38. The molecular formula is C16H22FN3O. The maximum absolute atomic E-state index is 14.2. The van der Waals surface area contributed by atoms with Crippen LogP contribution in [0.3, 0.4) is 0 Å². The molecule has 1 aliphatic carbocycles. The van der Waals surface area contributed by atoms with Crippen LogP contribution in [-0.2, 0) is 0 Å². The summed E-state index contributed by atoms with van der Waals surface area (Å²) in [5.41, 5.74) is 6.90. The molecule has 0 bridgehead atoms. The Labute approximate surface area is 124 Å². The Bertz CT molecular complexity index is 524. The first-order chi connectivity index (χ1) is 10.1. The number of nitrogens with zero attached hydrogens (tertiary/aromatic N) is 1. The molecule has 114 valence electrons. The highest BCUT2D eigenvalue weighted by Crippen LogP contribution is 2.31. The molecule has 1 aromatic carbocycles. The minimum Gasteiger partial charge on any atom is -0.369 e. The lowest BCUT2D eigenvalue weighted by Crippen LogP contribution is -2.38. The van der Waals surface area contributed by atoms with Gasteiger partial charge in [-0.3, -0.25) is 4.79 Å². The van der Waals surface area contributed by atoms with Gasteiger partial charge in [0.2, 0.25) is 0 Å². The molecule has 21 heavy (non-hydrogen) atoms. The smallest absolute Gasteiger partial charge is 0.251 e. The topological polar surface area (TPSA) is 58.4 Å². The highest BCUT2D eigenvalue weighted by molar-refractivity contribution is 5.94. The monoisotopic (exact) mass is 291 g/mol. The molecule has 3 rings (SSSR count). The van der Waals surface area contributed by atoms with Gasteiger partial charge in [-0.05, 0) is 49.8 Å². The number of amides is 1. The Morgan fingerprint density at radius 2 is 2.10 bits per heavy atom. The third-order valence-electron chi connectivity index (χ3n) is 4.38. The second-order valence-electron chi connectivity index (χ2n) is 6.07. The highest BCUT2D eigenvalue weighted by Gasteiger charge is 2.28. The first-order valence-electron chi connectivity index (χ1n) is 7.73. The van der Waals surface area contributed by atoms with Gasteiger partial charge < -0.3 is 16.0 Å². The summed E-state index contributed by atoms with van der Waals surface area (Å²) in [6, 6.07) is 4.74. The second-order valence-corrected chi connectivity index (χ2v) is 6.07. The minimum atomic E-state index is -0.323. The molecule has 4 nitrogen and oxygen atoms in total. The van der Waals surface area contributed by atoms with Crippen molar-refractivity contribution < 1.29 is 9.18 Å². The predicted molar refractivity (Wildman–Crippen MR) is 80.9 cm³/mol. The van der Waals surface area contributed by atoms with Crippen LogP contribution >= 0.6 is 0 Å². The molecule has 2 fully saturated rings. The van der Waals surface area contributed by atoms with E-state index >= 15 is 0 Å². The molecule has 1 saturated carbocycles. The summed E-state index contributed by atoms with van der Waals surface area (Å²) in [5, 5.41) is 2.79. The Hall–Kier alpha value is -1.62. The zero-order chi connectivity index (χ0) is 14.8. The van der Waals surface area contributed by atoms with Crippen LogP contribution in [0.1, 0.15) is 36.0 Å². The van der Waals surface area contributed by atoms with E-state index in [1.54, 1.807) is 12.1 Å². The highest BCUT2D eigenvalue weighted by atomic mass is 19.1. The van der Waals surface area contributed by atoms with Crippen molar-refractivity contribution in [3.63, 3.8) is 0 Å². The minimum absolute atomic E-state index is 0.0164. The third kappa shape index (κ3) is 3.35. The van der Waals surface area contributed by atoms with Crippen molar-refractivity contribution in [2.45, 2.75) is 31.7 Å². The number of carbonyl (C=O) groups excluding carboxylic acids is 1. The van der Waals surface area contributed by atoms with Crippen LogP contribution < -0.4 is 16.0 Å². The van der Waals surface area contributed by atoms with E-state index in [0.29, 0.717) is 23.7 Å². The maximum Gasteiger partial charge on any atom is 0.251 e. The predicted octanol–water partition coefficient (Wildman–Crippen LogP) is 1.89. The molecule has 1 heterocycles. The standard InChI is InChI=1S/C16H22FN3O/c17-13-9-12(5-6-15(13)20-7-1-2-8-20)16(21)19-10-14(18)11-3-4-11/h5-6,9,11,14H,1-4,7-8,10,18H2,(H,19,21). The van der Waals surface area contributed by atoms with Crippen molar-refractivity contribution in [1.29, 1.82) is 0 Å². The van der Waals surface area contributed by atoms with Crippen LogP contribution in [-0.4, -0.2) is 31.6 Å². The fourth-order valence-electron chi connectivity index (χ4n) is 2.87. The summed E-state index contributed by atoms with van der Waals surface area (Å²) in [6.45, 7) is 2.23. The lowest BCUT2D eigenvalue weighted by molar-refractivity contribution is 0.0950. The summed E-state index contributed by atoms with van der Waals surface area (Å²) in [6.07, 6.45) is 4.49. The van der Waals surface area contributed by atoms with Crippen LogP contribution in [0.25, 0.3) is 0 Å². The zero-order valence-corrected chi connectivity index (χ0v) is 12.1. The largest absolute Gasteiger partial charge is 0.369 e. The first-order valence-corrected chi connectivity index (χ1v) is 7.73. The van der Waals surface area contributed by atoms with Crippen LogP contribution in [0.5, 0.6) is 0 Å². The normalized spacial score (nSPS) is 19.6. The summed E-state index contributed by atoms with van der Waals surface area (Å²) in [4.78, 5) is 14.1. The molecule has 1 aromatic rings. The second kappa shape index (κ2) is 6.02. The van der Waals surface area contributed by atoms with Gasteiger partial charge in [-0.1, -0.05) is 0 Å². The Morgan fingerprint density at radius 1 is 1.38 bits per heavy atom. The van der Waals surface area contributed by atoms with Crippen molar-refractivity contribution in [2.75, 3.05) is 24.5 Å². The molecule has 0 radical (unpaired) electrons. The number of hydrogen-bond acceptors (Lipinski definition) is 3. The average Bonchev–Trinajstić information content (AvgIpc) is 3.20.